The first kappa shape index (κ1) is 15.3. The number of aliphatic hydroxyl groups excluding tert-OH is 1. The van der Waals surface area contributed by atoms with Crippen molar-refractivity contribution >= 4 is 23.2 Å². The van der Waals surface area contributed by atoms with Crippen molar-refractivity contribution in [2.45, 2.75) is 31.9 Å². The van der Waals surface area contributed by atoms with Crippen molar-refractivity contribution in [1.29, 1.82) is 0 Å². The number of carbonyl (C=O) groups is 1. The number of hydrogen-bond acceptors (Lipinski definition) is 3. The molecule has 2 rings (SSSR count). The molecule has 1 heterocycles. The maximum Gasteiger partial charge on any atom is 0.244 e. The first-order valence-electron chi connectivity index (χ1n) is 6.95. The van der Waals surface area contributed by atoms with Gasteiger partial charge in [-0.25, -0.2) is 0 Å². The second-order valence-electron chi connectivity index (χ2n) is 5.36. The van der Waals surface area contributed by atoms with E-state index >= 15 is 0 Å². The lowest BCUT2D eigenvalue weighted by Gasteiger charge is -2.24. The minimum Gasteiger partial charge on any atom is -0.393 e. The molecule has 0 aliphatic carbocycles. The lowest BCUT2D eigenvalue weighted by Crippen LogP contribution is -2.40. The van der Waals surface area contributed by atoms with Crippen LogP contribution in [0.15, 0.2) is 24.3 Å². The highest BCUT2D eigenvalue weighted by atomic mass is 35.5. The molecule has 0 spiro atoms. The van der Waals surface area contributed by atoms with Crippen LogP contribution in [0.2, 0.25) is 5.02 Å². The molecule has 1 amide bonds. The summed E-state index contributed by atoms with van der Waals surface area (Å²) in [5.41, 5.74) is 0.783. The van der Waals surface area contributed by atoms with Crippen LogP contribution in [-0.2, 0) is 4.79 Å². The lowest BCUT2D eigenvalue weighted by molar-refractivity contribution is -0.121. The third-order valence-electron chi connectivity index (χ3n) is 3.75. The molecule has 1 aromatic carbocycles. The van der Waals surface area contributed by atoms with Crippen LogP contribution in [0.3, 0.4) is 0 Å². The number of rotatable bonds is 5. The van der Waals surface area contributed by atoms with Gasteiger partial charge >= 0.3 is 0 Å². The number of hydrogen-bond donors (Lipinski definition) is 1. The van der Waals surface area contributed by atoms with E-state index in [9.17, 15) is 9.90 Å². The fourth-order valence-corrected chi connectivity index (χ4v) is 2.77. The number of likely N-dealkylation sites (N-methyl/N-ethyl adjacent to an activating group) is 1. The molecule has 1 saturated heterocycles. The fourth-order valence-electron chi connectivity index (χ4n) is 2.53. The first-order valence-corrected chi connectivity index (χ1v) is 7.32. The van der Waals surface area contributed by atoms with E-state index in [1.165, 1.54) is 0 Å². The highest BCUT2D eigenvalue weighted by Crippen LogP contribution is 2.30. The largest absolute Gasteiger partial charge is 0.393 e. The predicted molar refractivity (Wildman–Crippen MR) is 81.1 cm³/mol. The first-order chi connectivity index (χ1) is 9.50. The molecular formula is C15H21ClN2O2. The van der Waals surface area contributed by atoms with Crippen LogP contribution in [0.25, 0.3) is 0 Å². The molecule has 5 heteroatoms. The quantitative estimate of drug-likeness (QED) is 0.905. The van der Waals surface area contributed by atoms with Crippen molar-refractivity contribution in [3.8, 4) is 0 Å². The third kappa shape index (κ3) is 3.32. The zero-order chi connectivity index (χ0) is 14.7. The number of anilines is 1. The van der Waals surface area contributed by atoms with Crippen molar-refractivity contribution < 1.29 is 9.90 Å². The van der Waals surface area contributed by atoms with Crippen molar-refractivity contribution in [1.82, 2.24) is 4.90 Å². The minimum absolute atomic E-state index is 0.0891. The van der Waals surface area contributed by atoms with E-state index in [-0.39, 0.29) is 18.1 Å². The monoisotopic (exact) mass is 296 g/mol. The Bertz CT molecular complexity index is 479. The summed E-state index contributed by atoms with van der Waals surface area (Å²) in [6.45, 7) is 3.16. The Hall–Kier alpha value is -1.10. The molecule has 2 atom stereocenters. The van der Waals surface area contributed by atoms with Gasteiger partial charge < -0.3 is 10.0 Å². The molecule has 0 aromatic heterocycles. The van der Waals surface area contributed by atoms with Gasteiger partial charge in [0.25, 0.3) is 0 Å². The Morgan fingerprint density at radius 3 is 2.85 bits per heavy atom. The summed E-state index contributed by atoms with van der Waals surface area (Å²) in [7, 11) is 1.93. The van der Waals surface area contributed by atoms with Gasteiger partial charge in [0, 0.05) is 13.1 Å². The summed E-state index contributed by atoms with van der Waals surface area (Å²) in [5, 5.41) is 9.94. The van der Waals surface area contributed by atoms with Crippen LogP contribution in [-0.4, -0.2) is 48.2 Å². The average Bonchev–Trinajstić information content (AvgIpc) is 2.78. The Balaban J connectivity index is 2.04. The second kappa shape index (κ2) is 6.57. The Morgan fingerprint density at radius 2 is 2.20 bits per heavy atom. The van der Waals surface area contributed by atoms with E-state index in [0.29, 0.717) is 24.5 Å². The van der Waals surface area contributed by atoms with Gasteiger partial charge in [0.15, 0.2) is 0 Å². The van der Waals surface area contributed by atoms with Crippen LogP contribution in [0.5, 0.6) is 0 Å². The number of para-hydroxylation sites is 1. The van der Waals surface area contributed by atoms with E-state index in [4.69, 9.17) is 11.6 Å². The van der Waals surface area contributed by atoms with E-state index in [1.807, 2.05) is 30.1 Å². The highest BCUT2D eigenvalue weighted by Gasteiger charge is 2.35. The molecule has 20 heavy (non-hydrogen) atoms. The van der Waals surface area contributed by atoms with Crippen molar-refractivity contribution in [2.24, 2.45) is 0 Å². The molecule has 4 nitrogen and oxygen atoms in total. The third-order valence-corrected chi connectivity index (χ3v) is 4.07. The molecule has 2 unspecified atom stereocenters. The highest BCUT2D eigenvalue weighted by molar-refractivity contribution is 6.33. The smallest absolute Gasteiger partial charge is 0.244 e. The Labute approximate surface area is 124 Å². The van der Waals surface area contributed by atoms with E-state index in [1.54, 1.807) is 17.9 Å². The number of halogens is 1. The molecule has 1 fully saturated rings. The predicted octanol–water partition coefficient (Wildman–Crippen LogP) is 2.15. The Kier molecular flexibility index (Phi) is 5.02. The molecule has 1 N–H and O–H groups in total. The normalized spacial score (nSPS) is 20.8. The summed E-state index contributed by atoms with van der Waals surface area (Å²) < 4.78 is 0. The maximum atomic E-state index is 12.5. The SMILES string of the molecule is CC(O)CCN(C)C1CCN(c2ccccc2Cl)C1=O. The molecule has 1 aliphatic heterocycles. The summed E-state index contributed by atoms with van der Waals surface area (Å²) in [4.78, 5) is 16.3. The van der Waals surface area contributed by atoms with E-state index in [2.05, 4.69) is 0 Å². The van der Waals surface area contributed by atoms with Crippen LogP contribution < -0.4 is 4.90 Å². The van der Waals surface area contributed by atoms with Gasteiger partial charge in [-0.3, -0.25) is 9.69 Å². The van der Waals surface area contributed by atoms with Crippen molar-refractivity contribution in [2.75, 3.05) is 25.0 Å². The van der Waals surface area contributed by atoms with Crippen molar-refractivity contribution in [3.05, 3.63) is 29.3 Å². The molecule has 0 bridgehead atoms. The molecular weight excluding hydrogens is 276 g/mol. The number of aliphatic hydroxyl groups is 1. The van der Waals surface area contributed by atoms with Crippen molar-refractivity contribution in [3.63, 3.8) is 0 Å². The summed E-state index contributed by atoms with van der Waals surface area (Å²) >= 11 is 6.16. The standard InChI is InChI=1S/C15H21ClN2O2/c1-11(19)7-9-17(2)14-8-10-18(15(14)20)13-6-4-3-5-12(13)16/h3-6,11,14,19H,7-10H2,1-2H3. The average molecular weight is 297 g/mol. The molecule has 0 radical (unpaired) electrons. The van der Waals surface area contributed by atoms with Gasteiger partial charge in [0.1, 0.15) is 0 Å². The number of benzene rings is 1. The zero-order valence-corrected chi connectivity index (χ0v) is 12.7. The zero-order valence-electron chi connectivity index (χ0n) is 11.9. The van der Waals surface area contributed by atoms with Crippen LogP contribution in [0.4, 0.5) is 5.69 Å². The molecule has 1 aliphatic rings. The number of nitrogens with zero attached hydrogens (tertiary/aromatic N) is 2. The van der Waals surface area contributed by atoms with Gasteiger partial charge in [0.05, 0.1) is 22.9 Å². The summed E-state index contributed by atoms with van der Waals surface area (Å²) in [5.74, 6) is 0.0891. The van der Waals surface area contributed by atoms with Crippen LogP contribution >= 0.6 is 11.6 Å². The lowest BCUT2D eigenvalue weighted by atomic mass is 10.2. The van der Waals surface area contributed by atoms with Gasteiger partial charge in [0.2, 0.25) is 5.91 Å². The van der Waals surface area contributed by atoms with E-state index in [0.717, 1.165) is 12.1 Å². The summed E-state index contributed by atoms with van der Waals surface area (Å²) in [6.07, 6.45) is 1.13. The van der Waals surface area contributed by atoms with Gasteiger partial charge in [-0.05, 0) is 38.9 Å². The second-order valence-corrected chi connectivity index (χ2v) is 5.77. The van der Waals surface area contributed by atoms with E-state index < -0.39 is 0 Å². The van der Waals surface area contributed by atoms with Gasteiger partial charge in [-0.15, -0.1) is 0 Å². The number of carbonyl (C=O) groups excluding carboxylic acids is 1. The molecule has 1 aromatic rings. The fraction of sp³-hybridized carbons (Fsp3) is 0.533. The van der Waals surface area contributed by atoms with Gasteiger partial charge in [-0.2, -0.15) is 0 Å². The van der Waals surface area contributed by atoms with Crippen LogP contribution in [0, 0.1) is 0 Å². The number of amides is 1. The summed E-state index contributed by atoms with van der Waals surface area (Å²) in [6, 6.07) is 7.30. The molecule has 0 saturated carbocycles. The minimum atomic E-state index is -0.339. The maximum absolute atomic E-state index is 12.5. The van der Waals surface area contributed by atoms with Crippen LogP contribution in [0.1, 0.15) is 19.8 Å². The Morgan fingerprint density at radius 1 is 1.50 bits per heavy atom. The van der Waals surface area contributed by atoms with Gasteiger partial charge in [-0.1, -0.05) is 23.7 Å². The molecule has 110 valence electrons. The topological polar surface area (TPSA) is 43.8 Å².